The van der Waals surface area contributed by atoms with Gasteiger partial charge in [0, 0.05) is 49.4 Å². The van der Waals surface area contributed by atoms with E-state index >= 15 is 0 Å². The van der Waals surface area contributed by atoms with Gasteiger partial charge in [-0.05, 0) is 64.7 Å². The molecule has 3 rings (SSSR count). The van der Waals surface area contributed by atoms with Crippen molar-refractivity contribution in [2.24, 2.45) is 5.92 Å². The lowest BCUT2D eigenvalue weighted by Gasteiger charge is -2.43. The summed E-state index contributed by atoms with van der Waals surface area (Å²) in [6.45, 7) is 8.89. The summed E-state index contributed by atoms with van der Waals surface area (Å²) in [5.41, 5.74) is -0.914. The maximum atomic E-state index is 13.8. The lowest BCUT2D eigenvalue weighted by molar-refractivity contribution is -0.140. The molecular weight excluding hydrogens is 398 g/mol. The summed E-state index contributed by atoms with van der Waals surface area (Å²) in [7, 11) is 0. The Hall–Kier alpha value is -1.83. The van der Waals surface area contributed by atoms with Crippen molar-refractivity contribution in [1.29, 1.82) is 0 Å². The first kappa shape index (κ1) is 22.8. The molecule has 0 spiro atoms. The van der Waals surface area contributed by atoms with E-state index in [9.17, 15) is 22.4 Å². The number of hydrogen-bond acceptors (Lipinski definition) is 3. The molecule has 4 nitrogen and oxygen atoms in total. The van der Waals surface area contributed by atoms with Crippen molar-refractivity contribution in [3.05, 3.63) is 29.6 Å². The van der Waals surface area contributed by atoms with E-state index in [0.29, 0.717) is 17.8 Å². The molecule has 1 amide bonds. The van der Waals surface area contributed by atoms with Crippen molar-refractivity contribution in [2.75, 3.05) is 25.0 Å². The topological polar surface area (TPSA) is 35.6 Å². The summed E-state index contributed by atoms with van der Waals surface area (Å²) in [6, 6.07) is 3.77. The van der Waals surface area contributed by atoms with E-state index in [1.165, 1.54) is 6.07 Å². The van der Waals surface area contributed by atoms with Crippen molar-refractivity contribution in [2.45, 2.75) is 70.8 Å². The van der Waals surface area contributed by atoms with Crippen molar-refractivity contribution < 1.29 is 22.4 Å². The van der Waals surface area contributed by atoms with E-state index in [1.807, 2.05) is 4.90 Å². The van der Waals surface area contributed by atoms with Crippen LogP contribution in [-0.4, -0.2) is 53.5 Å². The molecule has 8 heteroatoms. The Labute approximate surface area is 175 Å². The molecule has 1 aromatic carbocycles. The Morgan fingerprint density at radius 1 is 1.13 bits per heavy atom. The van der Waals surface area contributed by atoms with Crippen LogP contribution in [0.1, 0.15) is 52.0 Å². The molecule has 168 valence electrons. The van der Waals surface area contributed by atoms with Crippen LogP contribution < -0.4 is 5.32 Å². The standard InChI is InChI=1S/C22H31F4N3O/c1-14(2)29-11-10-28(13-15(29)3)21(30)16-4-6-17(7-5-16)27-18-8-9-19(20(23)12-18)22(24,25)26/h8-9,12,14-17,27H,4-7,10-11,13H2,1-3H3/t15?,16-,17+. The summed E-state index contributed by atoms with van der Waals surface area (Å²) in [6.07, 6.45) is -1.75. The highest BCUT2D eigenvalue weighted by molar-refractivity contribution is 5.79. The lowest BCUT2D eigenvalue weighted by Crippen LogP contribution is -2.56. The Kier molecular flexibility index (Phi) is 6.95. The van der Waals surface area contributed by atoms with Crippen LogP contribution in [0.2, 0.25) is 0 Å². The predicted octanol–water partition coefficient (Wildman–Crippen LogP) is 4.76. The van der Waals surface area contributed by atoms with Crippen molar-refractivity contribution in [1.82, 2.24) is 9.80 Å². The van der Waals surface area contributed by atoms with Gasteiger partial charge in [0.2, 0.25) is 5.91 Å². The highest BCUT2D eigenvalue weighted by Crippen LogP contribution is 2.34. The third-order valence-corrected chi connectivity index (χ3v) is 6.38. The lowest BCUT2D eigenvalue weighted by atomic mass is 9.84. The van der Waals surface area contributed by atoms with Crippen LogP contribution in [0.4, 0.5) is 23.2 Å². The van der Waals surface area contributed by atoms with Gasteiger partial charge in [-0.2, -0.15) is 13.2 Å². The summed E-state index contributed by atoms with van der Waals surface area (Å²) in [4.78, 5) is 17.3. The first-order valence-electron chi connectivity index (χ1n) is 10.7. The van der Waals surface area contributed by atoms with Gasteiger partial charge in [0.05, 0.1) is 5.56 Å². The predicted molar refractivity (Wildman–Crippen MR) is 109 cm³/mol. The van der Waals surface area contributed by atoms with Crippen LogP contribution in [0.25, 0.3) is 0 Å². The highest BCUT2D eigenvalue weighted by atomic mass is 19.4. The van der Waals surface area contributed by atoms with Crippen LogP contribution in [0.3, 0.4) is 0 Å². The number of nitrogens with zero attached hydrogens (tertiary/aromatic N) is 2. The van der Waals surface area contributed by atoms with Crippen LogP contribution in [0, 0.1) is 11.7 Å². The molecule has 0 radical (unpaired) electrons. The molecule has 1 N–H and O–H groups in total. The molecule has 1 aliphatic carbocycles. The Morgan fingerprint density at radius 2 is 1.80 bits per heavy atom. The van der Waals surface area contributed by atoms with Crippen LogP contribution in [0.5, 0.6) is 0 Å². The first-order valence-corrected chi connectivity index (χ1v) is 10.7. The monoisotopic (exact) mass is 429 g/mol. The second-order valence-corrected chi connectivity index (χ2v) is 8.85. The van der Waals surface area contributed by atoms with Crippen molar-refractivity contribution >= 4 is 11.6 Å². The first-order chi connectivity index (χ1) is 14.1. The van der Waals surface area contributed by atoms with Gasteiger partial charge in [0.1, 0.15) is 5.82 Å². The molecule has 0 bridgehead atoms. The number of rotatable bonds is 4. The Morgan fingerprint density at radius 3 is 2.33 bits per heavy atom. The summed E-state index contributed by atoms with van der Waals surface area (Å²) in [5, 5.41) is 3.13. The SMILES string of the molecule is CC(C)N1CCN(C(=O)[C@H]2CC[C@@H](Nc3ccc(C(F)(F)F)c(F)c3)CC2)CC1C. The second-order valence-electron chi connectivity index (χ2n) is 8.85. The molecule has 1 aliphatic heterocycles. The highest BCUT2D eigenvalue weighted by Gasteiger charge is 2.35. The van der Waals surface area contributed by atoms with Gasteiger partial charge in [0.15, 0.2) is 0 Å². The van der Waals surface area contributed by atoms with E-state index in [2.05, 4.69) is 31.0 Å². The maximum absolute atomic E-state index is 13.8. The quantitative estimate of drug-likeness (QED) is 0.702. The summed E-state index contributed by atoms with van der Waals surface area (Å²) >= 11 is 0. The van der Waals surface area contributed by atoms with Gasteiger partial charge < -0.3 is 10.2 Å². The zero-order valence-electron chi connectivity index (χ0n) is 17.8. The molecule has 30 heavy (non-hydrogen) atoms. The zero-order chi connectivity index (χ0) is 22.1. The molecule has 1 saturated carbocycles. The van der Waals surface area contributed by atoms with Gasteiger partial charge in [-0.15, -0.1) is 0 Å². The van der Waals surface area contributed by atoms with E-state index in [4.69, 9.17) is 0 Å². The van der Waals surface area contributed by atoms with Gasteiger partial charge in [-0.1, -0.05) is 0 Å². The number of nitrogens with one attached hydrogen (secondary N) is 1. The molecule has 1 heterocycles. The Bertz CT molecular complexity index is 744. The largest absolute Gasteiger partial charge is 0.419 e. The fourth-order valence-corrected chi connectivity index (χ4v) is 4.75. The molecular formula is C22H31F4N3O. The molecule has 1 saturated heterocycles. The molecule has 2 fully saturated rings. The maximum Gasteiger partial charge on any atom is 0.419 e. The number of carbonyl (C=O) groups is 1. The fraction of sp³-hybridized carbons (Fsp3) is 0.682. The van der Waals surface area contributed by atoms with Gasteiger partial charge in [-0.3, -0.25) is 9.69 Å². The molecule has 1 unspecified atom stereocenters. The number of carbonyl (C=O) groups excluding carboxylic acids is 1. The van der Waals surface area contributed by atoms with Crippen LogP contribution >= 0.6 is 0 Å². The van der Waals surface area contributed by atoms with E-state index < -0.39 is 17.6 Å². The summed E-state index contributed by atoms with van der Waals surface area (Å²) in [5.74, 6) is -1.07. The van der Waals surface area contributed by atoms with E-state index in [-0.39, 0.29) is 17.9 Å². The zero-order valence-corrected chi connectivity index (χ0v) is 17.8. The summed E-state index contributed by atoms with van der Waals surface area (Å²) < 4.78 is 51.9. The number of halogens is 4. The fourth-order valence-electron chi connectivity index (χ4n) is 4.75. The van der Waals surface area contributed by atoms with E-state index in [1.54, 1.807) is 0 Å². The van der Waals surface area contributed by atoms with Crippen molar-refractivity contribution in [3.63, 3.8) is 0 Å². The molecule has 0 aromatic heterocycles. The van der Waals surface area contributed by atoms with Gasteiger partial charge in [-0.25, -0.2) is 4.39 Å². The molecule has 2 aliphatic rings. The van der Waals surface area contributed by atoms with Crippen LogP contribution in [-0.2, 0) is 11.0 Å². The normalized spacial score (nSPS) is 26.1. The third kappa shape index (κ3) is 5.25. The number of alkyl halides is 3. The number of benzene rings is 1. The number of amides is 1. The molecule has 1 atom stereocenters. The van der Waals surface area contributed by atoms with E-state index in [0.717, 1.165) is 57.5 Å². The van der Waals surface area contributed by atoms with Gasteiger partial charge in [0.25, 0.3) is 0 Å². The number of anilines is 1. The second kappa shape index (κ2) is 9.12. The smallest absolute Gasteiger partial charge is 0.382 e. The average Bonchev–Trinajstić information content (AvgIpc) is 2.66. The Balaban J connectivity index is 1.50. The molecule has 1 aromatic rings. The average molecular weight is 430 g/mol. The minimum atomic E-state index is -4.70. The van der Waals surface area contributed by atoms with Crippen molar-refractivity contribution in [3.8, 4) is 0 Å². The van der Waals surface area contributed by atoms with Crippen LogP contribution in [0.15, 0.2) is 18.2 Å². The third-order valence-electron chi connectivity index (χ3n) is 6.38. The minimum absolute atomic E-state index is 0.00908. The number of hydrogen-bond donors (Lipinski definition) is 1. The van der Waals surface area contributed by atoms with Gasteiger partial charge >= 0.3 is 6.18 Å². The number of piperazine rings is 1. The minimum Gasteiger partial charge on any atom is -0.382 e.